The van der Waals surface area contributed by atoms with Crippen molar-refractivity contribution in [2.75, 3.05) is 6.61 Å². The third kappa shape index (κ3) is 5.55. The predicted molar refractivity (Wildman–Crippen MR) is 146 cm³/mol. The Balaban J connectivity index is 1.37. The number of ether oxygens (including phenoxy) is 4. The fourth-order valence-electron chi connectivity index (χ4n) is 4.54. The van der Waals surface area contributed by atoms with E-state index in [2.05, 4.69) is 6.07 Å². The highest BCUT2D eigenvalue weighted by atomic mass is 16.6. The lowest BCUT2D eigenvalue weighted by atomic mass is 9.83. The summed E-state index contributed by atoms with van der Waals surface area (Å²) in [7, 11) is 0. The Labute approximate surface area is 226 Å². The van der Waals surface area contributed by atoms with Crippen LogP contribution in [0.1, 0.15) is 28.2 Å². The van der Waals surface area contributed by atoms with E-state index in [9.17, 15) is 10.1 Å². The van der Waals surface area contributed by atoms with Gasteiger partial charge in [-0.3, -0.25) is 0 Å². The second-order valence-electron chi connectivity index (χ2n) is 9.10. The number of hydrogen-bond acceptors (Lipinski definition) is 7. The Morgan fingerprint density at radius 1 is 0.897 bits per heavy atom. The van der Waals surface area contributed by atoms with Crippen LogP contribution in [0, 0.1) is 25.2 Å². The van der Waals surface area contributed by atoms with E-state index in [0.29, 0.717) is 28.6 Å². The summed E-state index contributed by atoms with van der Waals surface area (Å²) in [5.41, 5.74) is 9.83. The number of rotatable bonds is 7. The monoisotopic (exact) mass is 518 g/mol. The van der Waals surface area contributed by atoms with E-state index in [0.717, 1.165) is 16.7 Å². The van der Waals surface area contributed by atoms with Crippen molar-refractivity contribution in [1.82, 2.24) is 0 Å². The molecule has 0 spiro atoms. The molecule has 0 aliphatic carbocycles. The number of nitrogens with two attached hydrogens (primary N) is 1. The first-order valence-electron chi connectivity index (χ1n) is 12.4. The van der Waals surface area contributed by atoms with E-state index >= 15 is 0 Å². The molecule has 0 radical (unpaired) electrons. The summed E-state index contributed by atoms with van der Waals surface area (Å²) in [5, 5.41) is 9.91. The van der Waals surface area contributed by atoms with Crippen molar-refractivity contribution in [2.24, 2.45) is 5.73 Å². The minimum absolute atomic E-state index is 0.00813. The lowest BCUT2D eigenvalue weighted by Crippen LogP contribution is -2.22. The molecule has 194 valence electrons. The lowest BCUT2D eigenvalue weighted by Gasteiger charge is -2.27. The molecule has 7 heteroatoms. The van der Waals surface area contributed by atoms with Crippen LogP contribution in [-0.4, -0.2) is 12.6 Å². The fraction of sp³-hybridized carbons (Fsp3) is 0.125. The highest BCUT2D eigenvalue weighted by Gasteiger charge is 2.31. The van der Waals surface area contributed by atoms with E-state index in [4.69, 9.17) is 24.7 Å². The average Bonchev–Trinajstić information content (AvgIpc) is 2.92. The Bertz CT molecular complexity index is 1580. The van der Waals surface area contributed by atoms with Crippen molar-refractivity contribution in [3.63, 3.8) is 0 Å². The number of para-hydroxylation sites is 2. The molecule has 1 atom stereocenters. The number of carbonyl (C=O) groups is 1. The van der Waals surface area contributed by atoms with Crippen LogP contribution in [0.4, 0.5) is 0 Å². The smallest absolute Gasteiger partial charge is 0.349 e. The third-order valence-corrected chi connectivity index (χ3v) is 6.34. The summed E-state index contributed by atoms with van der Waals surface area (Å²) in [6.07, 6.45) is 0. The van der Waals surface area contributed by atoms with Gasteiger partial charge < -0.3 is 24.7 Å². The van der Waals surface area contributed by atoms with Crippen molar-refractivity contribution in [3.05, 3.63) is 125 Å². The van der Waals surface area contributed by atoms with Crippen LogP contribution >= 0.6 is 0 Å². The largest absolute Gasteiger partial charge is 0.481 e. The number of fused-ring (bicyclic) bond motifs is 1. The van der Waals surface area contributed by atoms with Gasteiger partial charge in [0.05, 0.1) is 5.92 Å². The SMILES string of the molecule is Cc1cccc(C)c1OCC(=O)Oc1ccc2c(c1)OC(N)=C(C#N)C2c1cccc(Oc2ccccc2)c1. The fourth-order valence-corrected chi connectivity index (χ4v) is 4.54. The molecule has 0 fully saturated rings. The molecule has 39 heavy (non-hydrogen) atoms. The molecule has 1 unspecified atom stereocenters. The van der Waals surface area contributed by atoms with Crippen LogP contribution in [0.25, 0.3) is 0 Å². The standard InChI is InChI=1S/C32H26N2O5/c1-20-8-6-9-21(2)31(20)36-19-29(35)38-25-14-15-26-28(17-25)39-32(34)27(18-33)30(26)22-10-7-13-24(16-22)37-23-11-4-3-5-12-23/h3-17,30H,19,34H2,1-2H3. The van der Waals surface area contributed by atoms with Crippen molar-refractivity contribution in [1.29, 1.82) is 5.26 Å². The number of allylic oxidation sites excluding steroid dienone is 1. The number of aryl methyl sites for hydroxylation is 2. The van der Waals surface area contributed by atoms with Gasteiger partial charge in [0.1, 0.15) is 40.4 Å². The number of benzene rings is 4. The Morgan fingerprint density at radius 3 is 2.36 bits per heavy atom. The predicted octanol–water partition coefficient (Wildman–Crippen LogP) is 6.30. The van der Waals surface area contributed by atoms with Crippen LogP contribution in [0.2, 0.25) is 0 Å². The van der Waals surface area contributed by atoms with Crippen LogP contribution in [0.5, 0.6) is 28.7 Å². The molecule has 1 aliphatic rings. The zero-order valence-corrected chi connectivity index (χ0v) is 21.5. The van der Waals surface area contributed by atoms with Gasteiger partial charge in [0.2, 0.25) is 5.88 Å². The molecule has 5 rings (SSSR count). The summed E-state index contributed by atoms with van der Waals surface area (Å²) in [4.78, 5) is 12.5. The summed E-state index contributed by atoms with van der Waals surface area (Å²) in [6.45, 7) is 3.59. The Morgan fingerprint density at radius 2 is 1.62 bits per heavy atom. The van der Waals surface area contributed by atoms with Gasteiger partial charge in [-0.2, -0.15) is 5.26 Å². The number of carbonyl (C=O) groups excluding carboxylic acids is 1. The molecule has 0 saturated heterocycles. The molecule has 4 aromatic carbocycles. The minimum Gasteiger partial charge on any atom is -0.481 e. The highest BCUT2D eigenvalue weighted by molar-refractivity contribution is 5.74. The number of nitrogens with zero attached hydrogens (tertiary/aromatic N) is 1. The first kappa shape index (κ1) is 25.4. The van der Waals surface area contributed by atoms with Gasteiger partial charge >= 0.3 is 5.97 Å². The normalized spacial score (nSPS) is 14.0. The molecule has 1 heterocycles. The first-order valence-corrected chi connectivity index (χ1v) is 12.4. The highest BCUT2D eigenvalue weighted by Crippen LogP contribution is 2.44. The van der Waals surface area contributed by atoms with Gasteiger partial charge in [-0.15, -0.1) is 0 Å². The maximum atomic E-state index is 12.5. The van der Waals surface area contributed by atoms with Crippen molar-refractivity contribution < 1.29 is 23.7 Å². The molecule has 2 N–H and O–H groups in total. The third-order valence-electron chi connectivity index (χ3n) is 6.34. The van der Waals surface area contributed by atoms with Crippen LogP contribution in [-0.2, 0) is 4.79 Å². The van der Waals surface area contributed by atoms with E-state index in [-0.39, 0.29) is 23.8 Å². The van der Waals surface area contributed by atoms with Crippen LogP contribution in [0.3, 0.4) is 0 Å². The topological polar surface area (TPSA) is 104 Å². The van der Waals surface area contributed by atoms with Crippen molar-refractivity contribution >= 4 is 5.97 Å². The number of esters is 1. The molecule has 0 saturated carbocycles. The molecular weight excluding hydrogens is 492 g/mol. The van der Waals surface area contributed by atoms with E-state index < -0.39 is 11.9 Å². The molecule has 4 aromatic rings. The van der Waals surface area contributed by atoms with Gasteiger partial charge in [0.25, 0.3) is 0 Å². The lowest BCUT2D eigenvalue weighted by molar-refractivity contribution is -0.136. The quantitative estimate of drug-likeness (QED) is 0.226. The van der Waals surface area contributed by atoms with Gasteiger partial charge in [-0.05, 0) is 60.9 Å². The van der Waals surface area contributed by atoms with Gasteiger partial charge in [-0.25, -0.2) is 4.79 Å². The molecule has 0 bridgehead atoms. The van der Waals surface area contributed by atoms with Gasteiger partial charge in [0.15, 0.2) is 6.61 Å². The van der Waals surface area contributed by atoms with Gasteiger partial charge in [-0.1, -0.05) is 54.6 Å². The maximum absolute atomic E-state index is 12.5. The molecular formula is C32H26N2O5. The zero-order chi connectivity index (χ0) is 27.4. The number of nitriles is 1. The van der Waals surface area contributed by atoms with Crippen LogP contribution in [0.15, 0.2) is 102 Å². The van der Waals surface area contributed by atoms with Crippen LogP contribution < -0.4 is 24.7 Å². The molecule has 7 nitrogen and oxygen atoms in total. The molecule has 0 amide bonds. The first-order chi connectivity index (χ1) is 18.9. The number of hydrogen-bond donors (Lipinski definition) is 1. The Hall–Kier alpha value is -5.22. The summed E-state index contributed by atoms with van der Waals surface area (Å²) in [6, 6.07) is 29.9. The van der Waals surface area contributed by atoms with E-state index in [1.54, 1.807) is 18.2 Å². The minimum atomic E-state index is -0.558. The maximum Gasteiger partial charge on any atom is 0.349 e. The molecule has 1 aliphatic heterocycles. The summed E-state index contributed by atoms with van der Waals surface area (Å²) < 4.78 is 23.0. The van der Waals surface area contributed by atoms with E-state index in [1.807, 2.05) is 86.6 Å². The van der Waals surface area contributed by atoms with Crippen molar-refractivity contribution in [3.8, 4) is 34.8 Å². The Kier molecular flexibility index (Phi) is 7.19. The second kappa shape index (κ2) is 11.0. The van der Waals surface area contributed by atoms with E-state index in [1.165, 1.54) is 0 Å². The van der Waals surface area contributed by atoms with Crippen molar-refractivity contribution in [2.45, 2.75) is 19.8 Å². The zero-order valence-electron chi connectivity index (χ0n) is 21.5. The van der Waals surface area contributed by atoms with Gasteiger partial charge in [0, 0.05) is 11.6 Å². The summed E-state index contributed by atoms with van der Waals surface area (Å²) in [5.74, 6) is 1.59. The summed E-state index contributed by atoms with van der Waals surface area (Å²) >= 11 is 0. The molecule has 0 aromatic heterocycles. The second-order valence-corrected chi connectivity index (χ2v) is 9.10. The average molecular weight is 519 g/mol.